The molecule has 2 heterocycles. The summed E-state index contributed by atoms with van der Waals surface area (Å²) in [6.45, 7) is 1.61. The van der Waals surface area contributed by atoms with Crippen LogP contribution in [0.3, 0.4) is 0 Å². The molecule has 0 spiro atoms. The van der Waals surface area contributed by atoms with Crippen molar-refractivity contribution in [2.45, 2.75) is 70.4 Å². The van der Waals surface area contributed by atoms with Crippen molar-refractivity contribution in [2.24, 2.45) is 11.0 Å². The van der Waals surface area contributed by atoms with E-state index in [2.05, 4.69) is 22.7 Å². The molecule has 0 bridgehead atoms. The molecule has 0 aromatic heterocycles. The van der Waals surface area contributed by atoms with E-state index in [1.165, 1.54) is 37.7 Å². The zero-order valence-electron chi connectivity index (χ0n) is 18.4. The van der Waals surface area contributed by atoms with Crippen molar-refractivity contribution in [3.8, 4) is 5.75 Å². The van der Waals surface area contributed by atoms with Gasteiger partial charge in [-0.15, -0.1) is 0 Å². The zero-order chi connectivity index (χ0) is 21.6. The summed E-state index contributed by atoms with van der Waals surface area (Å²) in [5, 5.41) is 4.07. The van der Waals surface area contributed by atoms with Gasteiger partial charge in [-0.05, 0) is 49.3 Å². The Kier molecular flexibility index (Phi) is 7.22. The van der Waals surface area contributed by atoms with Crippen molar-refractivity contribution in [3.05, 3.63) is 29.3 Å². The van der Waals surface area contributed by atoms with Crippen molar-refractivity contribution >= 4 is 17.5 Å². The van der Waals surface area contributed by atoms with Crippen LogP contribution in [0.2, 0.25) is 0 Å². The molecule has 1 N–H and O–H groups in total. The fraction of sp³-hybridized carbons (Fsp3) is 0.625. The van der Waals surface area contributed by atoms with Gasteiger partial charge in [0.15, 0.2) is 0 Å². The fourth-order valence-electron chi connectivity index (χ4n) is 4.94. The van der Waals surface area contributed by atoms with E-state index in [0.29, 0.717) is 51.3 Å². The number of nitrogens with zero attached hydrogens (tertiary/aromatic N) is 2. The quantitative estimate of drug-likeness (QED) is 0.750. The van der Waals surface area contributed by atoms with E-state index in [9.17, 15) is 9.59 Å². The summed E-state index contributed by atoms with van der Waals surface area (Å²) in [4.78, 5) is 26.0. The van der Waals surface area contributed by atoms with Crippen LogP contribution in [0.1, 0.15) is 75.0 Å². The Morgan fingerprint density at radius 2 is 2.13 bits per heavy atom. The molecule has 1 fully saturated rings. The van der Waals surface area contributed by atoms with Gasteiger partial charge in [0.25, 0.3) is 0 Å². The Labute approximate surface area is 184 Å². The molecule has 2 aliphatic heterocycles. The molecule has 1 aromatic carbocycles. The number of methoxy groups -OCH3 is 1. The van der Waals surface area contributed by atoms with E-state index in [4.69, 9.17) is 9.47 Å². The molecule has 1 aliphatic carbocycles. The zero-order valence-corrected chi connectivity index (χ0v) is 18.4. The molecule has 7 nitrogen and oxygen atoms in total. The lowest BCUT2D eigenvalue weighted by molar-refractivity contribution is -0.131. The molecule has 4 rings (SSSR count). The molecule has 2 amide bonds. The van der Waals surface area contributed by atoms with Crippen LogP contribution in [0.15, 0.2) is 23.3 Å². The fourth-order valence-corrected chi connectivity index (χ4v) is 4.94. The monoisotopic (exact) mass is 427 g/mol. The van der Waals surface area contributed by atoms with Crippen molar-refractivity contribution in [1.29, 1.82) is 0 Å². The Morgan fingerprint density at radius 3 is 2.87 bits per heavy atom. The molecule has 1 atom stereocenters. The van der Waals surface area contributed by atoms with Crippen LogP contribution in [0, 0.1) is 5.92 Å². The van der Waals surface area contributed by atoms with Crippen molar-refractivity contribution in [1.82, 2.24) is 10.3 Å². The van der Waals surface area contributed by atoms with Crippen LogP contribution < -0.4 is 10.2 Å². The second-order valence-electron chi connectivity index (χ2n) is 8.80. The summed E-state index contributed by atoms with van der Waals surface area (Å²) >= 11 is 0. The van der Waals surface area contributed by atoms with E-state index in [1.54, 1.807) is 7.11 Å². The summed E-state index contributed by atoms with van der Waals surface area (Å²) < 4.78 is 11.9. The van der Waals surface area contributed by atoms with E-state index in [0.717, 1.165) is 17.0 Å². The molecule has 168 valence electrons. The van der Waals surface area contributed by atoms with E-state index in [-0.39, 0.29) is 17.9 Å². The minimum Gasteiger partial charge on any atom is -0.491 e. The van der Waals surface area contributed by atoms with Gasteiger partial charge in [-0.3, -0.25) is 9.59 Å². The topological polar surface area (TPSA) is 80.2 Å². The Balaban J connectivity index is 1.42. The number of carbonyl (C=O) groups is 2. The highest BCUT2D eigenvalue weighted by atomic mass is 16.5. The minimum absolute atomic E-state index is 0.0604. The number of rotatable bonds is 6. The maximum Gasteiger partial charge on any atom is 0.240 e. The van der Waals surface area contributed by atoms with Gasteiger partial charge in [-0.25, -0.2) is 5.43 Å². The molecule has 7 heteroatoms. The summed E-state index contributed by atoms with van der Waals surface area (Å²) in [7, 11) is 1.80. The highest BCUT2D eigenvalue weighted by molar-refractivity contribution is 5.94. The number of benzene rings is 1. The predicted molar refractivity (Wildman–Crippen MR) is 118 cm³/mol. The highest BCUT2D eigenvalue weighted by Crippen LogP contribution is 2.38. The number of hydrogen-bond acceptors (Lipinski definition) is 5. The van der Waals surface area contributed by atoms with Crippen LogP contribution in [0.4, 0.5) is 0 Å². The van der Waals surface area contributed by atoms with Crippen LogP contribution in [-0.2, 0) is 20.9 Å². The Bertz CT molecular complexity index is 832. The Hall–Kier alpha value is -2.41. The van der Waals surface area contributed by atoms with Gasteiger partial charge < -0.3 is 14.4 Å². The molecular formula is C24H33N3O4. The van der Waals surface area contributed by atoms with Crippen LogP contribution in [0.25, 0.3) is 0 Å². The van der Waals surface area contributed by atoms with Crippen molar-refractivity contribution < 1.29 is 19.1 Å². The number of amides is 2. The van der Waals surface area contributed by atoms with Crippen LogP contribution >= 0.6 is 0 Å². The molecule has 1 aromatic rings. The maximum absolute atomic E-state index is 12.9. The first kappa shape index (κ1) is 21.8. The smallest absolute Gasteiger partial charge is 0.240 e. The minimum atomic E-state index is -0.0604. The van der Waals surface area contributed by atoms with E-state index >= 15 is 0 Å². The van der Waals surface area contributed by atoms with Gasteiger partial charge in [0.1, 0.15) is 12.4 Å². The predicted octanol–water partition coefficient (Wildman–Crippen LogP) is 3.72. The Morgan fingerprint density at radius 1 is 1.29 bits per heavy atom. The van der Waals surface area contributed by atoms with E-state index < -0.39 is 0 Å². The lowest BCUT2D eigenvalue weighted by Crippen LogP contribution is -2.33. The molecular weight excluding hydrogens is 394 g/mol. The van der Waals surface area contributed by atoms with Gasteiger partial charge >= 0.3 is 0 Å². The van der Waals surface area contributed by atoms with Gasteiger partial charge in [-0.1, -0.05) is 25.3 Å². The van der Waals surface area contributed by atoms with Gasteiger partial charge in [-0.2, -0.15) is 5.10 Å². The summed E-state index contributed by atoms with van der Waals surface area (Å²) in [5.41, 5.74) is 5.61. The second-order valence-corrected chi connectivity index (χ2v) is 8.80. The van der Waals surface area contributed by atoms with Crippen molar-refractivity contribution in [3.63, 3.8) is 0 Å². The molecule has 1 unspecified atom stereocenters. The second kappa shape index (κ2) is 10.3. The average molecular weight is 428 g/mol. The van der Waals surface area contributed by atoms with Gasteiger partial charge in [0, 0.05) is 37.8 Å². The number of ether oxygens (including phenoxy) is 2. The number of hydrazone groups is 1. The van der Waals surface area contributed by atoms with Crippen LogP contribution in [0.5, 0.6) is 5.75 Å². The summed E-state index contributed by atoms with van der Waals surface area (Å²) in [6.07, 6.45) is 8.44. The first-order chi connectivity index (χ1) is 15.1. The first-order valence-electron chi connectivity index (χ1n) is 11.5. The molecule has 1 saturated carbocycles. The normalized spacial score (nSPS) is 20.7. The lowest BCUT2D eigenvalue weighted by atomic mass is 9.82. The SMILES string of the molecule is COC(c1ccc2c(c1)CN(C(=O)CCC1=NNC(=O)CC1)CCO2)C1CCCCC1. The molecule has 0 saturated heterocycles. The average Bonchev–Trinajstić information content (AvgIpc) is 3.02. The largest absolute Gasteiger partial charge is 0.491 e. The number of fused-ring (bicyclic) bond motifs is 1. The highest BCUT2D eigenvalue weighted by Gasteiger charge is 2.27. The van der Waals surface area contributed by atoms with Crippen molar-refractivity contribution in [2.75, 3.05) is 20.3 Å². The third kappa shape index (κ3) is 5.45. The third-order valence-electron chi connectivity index (χ3n) is 6.68. The van der Waals surface area contributed by atoms with Gasteiger partial charge in [0.05, 0.1) is 12.6 Å². The summed E-state index contributed by atoms with van der Waals surface area (Å²) in [6, 6.07) is 6.33. The molecule has 3 aliphatic rings. The maximum atomic E-state index is 12.9. The summed E-state index contributed by atoms with van der Waals surface area (Å²) in [5.74, 6) is 1.45. The standard InChI is InChI=1S/C24H33N3O4/c1-30-24(17-5-3-2-4-6-17)18-7-10-21-19(15-18)16-27(13-14-31-21)23(29)12-9-20-8-11-22(28)26-25-20/h7,10,15,17,24H,2-6,8-9,11-14,16H2,1H3,(H,26,28). The first-order valence-corrected chi connectivity index (χ1v) is 11.5. The van der Waals surface area contributed by atoms with Gasteiger partial charge in [0.2, 0.25) is 11.8 Å². The third-order valence-corrected chi connectivity index (χ3v) is 6.68. The van der Waals surface area contributed by atoms with E-state index in [1.807, 2.05) is 11.0 Å². The number of carbonyl (C=O) groups excluding carboxylic acids is 2. The lowest BCUT2D eigenvalue weighted by Gasteiger charge is -2.30. The molecule has 31 heavy (non-hydrogen) atoms. The van der Waals surface area contributed by atoms with Crippen LogP contribution in [-0.4, -0.2) is 42.7 Å². The number of nitrogens with one attached hydrogen (secondary N) is 1. The number of hydrogen-bond donors (Lipinski definition) is 1. The molecule has 0 radical (unpaired) electrons.